The van der Waals surface area contributed by atoms with Crippen molar-refractivity contribution in [2.45, 2.75) is 58.6 Å². The molecular formula is C12H23NO4. The lowest BCUT2D eigenvalue weighted by atomic mass is 9.98. The summed E-state index contributed by atoms with van der Waals surface area (Å²) in [5.74, 6) is -0.962. The Morgan fingerprint density at radius 3 is 2.35 bits per heavy atom. The normalized spacial score (nSPS) is 11.6. The fourth-order valence-corrected chi connectivity index (χ4v) is 1.31. The average molecular weight is 245 g/mol. The number of carboxylic acid groups (broad SMARTS) is 1. The first-order chi connectivity index (χ1) is 7.73. The van der Waals surface area contributed by atoms with Gasteiger partial charge >= 0.3 is 5.97 Å². The smallest absolute Gasteiger partial charge is 0.303 e. The average Bonchev–Trinajstić information content (AvgIpc) is 2.13. The van der Waals surface area contributed by atoms with Gasteiger partial charge < -0.3 is 15.2 Å². The van der Waals surface area contributed by atoms with Crippen LogP contribution in [0.5, 0.6) is 0 Å². The predicted octanol–water partition coefficient (Wildman–Crippen LogP) is 1.56. The van der Waals surface area contributed by atoms with E-state index in [1.54, 1.807) is 0 Å². The van der Waals surface area contributed by atoms with Crippen LogP contribution >= 0.6 is 0 Å². The van der Waals surface area contributed by atoms with Crippen LogP contribution in [-0.2, 0) is 14.3 Å². The number of carboxylic acids is 1. The van der Waals surface area contributed by atoms with E-state index in [0.717, 1.165) is 0 Å². The van der Waals surface area contributed by atoms with Crippen LogP contribution in [-0.4, -0.2) is 35.2 Å². The molecule has 0 aromatic heterocycles. The van der Waals surface area contributed by atoms with Crippen molar-refractivity contribution >= 4 is 11.9 Å². The molecule has 5 nitrogen and oxygen atoms in total. The van der Waals surface area contributed by atoms with Crippen molar-refractivity contribution in [2.75, 3.05) is 6.61 Å². The number of carbonyl (C=O) groups excluding carboxylic acids is 1. The number of nitrogens with one attached hydrogen (secondary N) is 1. The second-order valence-corrected chi connectivity index (χ2v) is 5.00. The lowest BCUT2D eigenvalue weighted by Crippen LogP contribution is -2.44. The maximum Gasteiger partial charge on any atom is 0.303 e. The molecule has 0 aliphatic rings. The van der Waals surface area contributed by atoms with Crippen LogP contribution in [0.25, 0.3) is 0 Å². The van der Waals surface area contributed by atoms with Crippen molar-refractivity contribution in [1.82, 2.24) is 5.32 Å². The zero-order valence-electron chi connectivity index (χ0n) is 11.1. The highest BCUT2D eigenvalue weighted by Gasteiger charge is 2.21. The quantitative estimate of drug-likeness (QED) is 0.680. The van der Waals surface area contributed by atoms with E-state index >= 15 is 0 Å². The molecule has 0 heterocycles. The summed E-state index contributed by atoms with van der Waals surface area (Å²) in [7, 11) is 0. The number of hydrogen-bond donors (Lipinski definition) is 2. The lowest BCUT2D eigenvalue weighted by Gasteiger charge is -2.25. The fraction of sp³-hybridized carbons (Fsp3) is 0.833. The Balaban J connectivity index is 3.88. The predicted molar refractivity (Wildman–Crippen MR) is 64.8 cm³/mol. The molecule has 0 radical (unpaired) electrons. The number of ether oxygens (including phenoxy) is 1. The highest BCUT2D eigenvalue weighted by Crippen LogP contribution is 2.11. The van der Waals surface area contributed by atoms with Crippen LogP contribution in [0.4, 0.5) is 0 Å². The van der Waals surface area contributed by atoms with Gasteiger partial charge in [0.1, 0.15) is 0 Å². The second-order valence-electron chi connectivity index (χ2n) is 5.00. The Morgan fingerprint density at radius 2 is 1.88 bits per heavy atom. The molecule has 0 rings (SSSR count). The molecule has 0 unspecified atom stereocenters. The lowest BCUT2D eigenvalue weighted by molar-refractivity contribution is -0.138. The van der Waals surface area contributed by atoms with E-state index in [9.17, 15) is 9.59 Å². The first-order valence-electron chi connectivity index (χ1n) is 5.87. The maximum atomic E-state index is 11.5. The molecule has 0 aromatic rings. The minimum Gasteiger partial charge on any atom is -0.481 e. The number of hydrogen-bond acceptors (Lipinski definition) is 3. The summed E-state index contributed by atoms with van der Waals surface area (Å²) >= 11 is 0. The summed E-state index contributed by atoms with van der Waals surface area (Å²) in [6.45, 7) is 7.84. The first kappa shape index (κ1) is 15.9. The third-order valence-electron chi connectivity index (χ3n) is 2.22. The van der Waals surface area contributed by atoms with Crippen LogP contribution in [0.15, 0.2) is 0 Å². The van der Waals surface area contributed by atoms with E-state index in [1.165, 1.54) is 0 Å². The van der Waals surface area contributed by atoms with E-state index in [0.29, 0.717) is 19.4 Å². The van der Waals surface area contributed by atoms with E-state index in [1.807, 2.05) is 27.7 Å². The Labute approximate surface area is 103 Å². The van der Waals surface area contributed by atoms with Crippen molar-refractivity contribution in [2.24, 2.45) is 0 Å². The van der Waals surface area contributed by atoms with Gasteiger partial charge in [-0.1, -0.05) is 0 Å². The summed E-state index contributed by atoms with van der Waals surface area (Å²) in [5.41, 5.74) is -0.493. The second kappa shape index (κ2) is 7.27. The molecule has 0 saturated heterocycles. The molecule has 0 saturated carbocycles. The molecule has 100 valence electrons. The molecule has 0 fully saturated rings. The number of carbonyl (C=O) groups is 2. The highest BCUT2D eigenvalue weighted by molar-refractivity contribution is 5.77. The van der Waals surface area contributed by atoms with E-state index in [4.69, 9.17) is 9.84 Å². The van der Waals surface area contributed by atoms with Crippen LogP contribution in [0.2, 0.25) is 0 Å². The SMILES string of the molecule is CC(C)OCCC(=O)NC(C)(C)CCC(=O)O. The molecule has 2 N–H and O–H groups in total. The zero-order valence-corrected chi connectivity index (χ0v) is 11.1. The van der Waals surface area contributed by atoms with Gasteiger partial charge in [-0.25, -0.2) is 0 Å². The first-order valence-corrected chi connectivity index (χ1v) is 5.87. The molecule has 0 atom stereocenters. The number of aliphatic carboxylic acids is 1. The van der Waals surface area contributed by atoms with Crippen molar-refractivity contribution in [3.8, 4) is 0 Å². The summed E-state index contributed by atoms with van der Waals surface area (Å²) in [5, 5.41) is 11.4. The largest absolute Gasteiger partial charge is 0.481 e. The molecule has 0 aromatic carbocycles. The molecule has 5 heteroatoms. The highest BCUT2D eigenvalue weighted by atomic mass is 16.5. The van der Waals surface area contributed by atoms with Gasteiger partial charge in [0.25, 0.3) is 0 Å². The van der Waals surface area contributed by atoms with Gasteiger partial charge in [0.05, 0.1) is 12.7 Å². The van der Waals surface area contributed by atoms with Gasteiger partial charge in [-0.05, 0) is 34.1 Å². The fourth-order valence-electron chi connectivity index (χ4n) is 1.31. The van der Waals surface area contributed by atoms with E-state index in [2.05, 4.69) is 5.32 Å². The molecule has 1 amide bonds. The van der Waals surface area contributed by atoms with Crippen molar-refractivity contribution < 1.29 is 19.4 Å². The third-order valence-corrected chi connectivity index (χ3v) is 2.22. The van der Waals surface area contributed by atoms with Crippen LogP contribution in [0.1, 0.15) is 47.0 Å². The number of amides is 1. The van der Waals surface area contributed by atoms with Crippen molar-refractivity contribution in [3.63, 3.8) is 0 Å². The van der Waals surface area contributed by atoms with Crippen molar-refractivity contribution in [3.05, 3.63) is 0 Å². The summed E-state index contributed by atoms with van der Waals surface area (Å²) < 4.78 is 5.27. The minimum absolute atomic E-state index is 0.0514. The Bertz CT molecular complexity index is 261. The standard InChI is InChI=1S/C12H23NO4/c1-9(2)17-8-6-10(14)13-12(3,4)7-5-11(15)16/h9H,5-8H2,1-4H3,(H,13,14)(H,15,16). The van der Waals surface area contributed by atoms with Crippen molar-refractivity contribution in [1.29, 1.82) is 0 Å². The Hall–Kier alpha value is -1.10. The van der Waals surface area contributed by atoms with Gasteiger partial charge in [-0.3, -0.25) is 9.59 Å². The molecule has 0 aliphatic carbocycles. The molecule has 0 bridgehead atoms. The Kier molecular flexibility index (Phi) is 6.80. The molecule has 0 spiro atoms. The molecular weight excluding hydrogens is 222 g/mol. The van der Waals surface area contributed by atoms with Gasteiger partial charge in [-0.2, -0.15) is 0 Å². The maximum absolute atomic E-state index is 11.5. The monoisotopic (exact) mass is 245 g/mol. The van der Waals surface area contributed by atoms with Crippen LogP contribution in [0, 0.1) is 0 Å². The third kappa shape index (κ3) is 9.81. The zero-order chi connectivity index (χ0) is 13.5. The molecule has 0 aliphatic heterocycles. The van der Waals surface area contributed by atoms with Gasteiger partial charge in [0, 0.05) is 18.4 Å². The topological polar surface area (TPSA) is 75.6 Å². The molecule has 17 heavy (non-hydrogen) atoms. The van der Waals surface area contributed by atoms with Crippen LogP contribution in [0.3, 0.4) is 0 Å². The van der Waals surface area contributed by atoms with Gasteiger partial charge in [-0.15, -0.1) is 0 Å². The van der Waals surface area contributed by atoms with E-state index in [-0.39, 0.29) is 18.4 Å². The van der Waals surface area contributed by atoms with Gasteiger partial charge in [0.2, 0.25) is 5.91 Å². The summed E-state index contributed by atoms with van der Waals surface area (Å²) in [6, 6.07) is 0. The summed E-state index contributed by atoms with van der Waals surface area (Å²) in [4.78, 5) is 22.0. The minimum atomic E-state index is -0.851. The van der Waals surface area contributed by atoms with Gasteiger partial charge in [0.15, 0.2) is 0 Å². The van der Waals surface area contributed by atoms with E-state index < -0.39 is 11.5 Å². The number of rotatable bonds is 8. The summed E-state index contributed by atoms with van der Waals surface area (Å²) in [6.07, 6.45) is 0.881. The Morgan fingerprint density at radius 1 is 1.29 bits per heavy atom. The van der Waals surface area contributed by atoms with Crippen LogP contribution < -0.4 is 5.32 Å².